The molecule has 0 aromatic carbocycles. The van der Waals surface area contributed by atoms with Gasteiger partial charge in [-0.1, -0.05) is 0 Å². The van der Waals surface area contributed by atoms with Gasteiger partial charge in [0.1, 0.15) is 0 Å². The lowest BCUT2D eigenvalue weighted by Crippen LogP contribution is -2.44. The van der Waals surface area contributed by atoms with Crippen molar-refractivity contribution in [3.63, 3.8) is 0 Å². The van der Waals surface area contributed by atoms with Crippen LogP contribution in [0.3, 0.4) is 0 Å². The van der Waals surface area contributed by atoms with Gasteiger partial charge in [-0.3, -0.25) is 9.59 Å². The third-order valence-corrected chi connectivity index (χ3v) is 3.53. The van der Waals surface area contributed by atoms with Crippen molar-refractivity contribution < 1.29 is 4.79 Å². The number of nitrogens with zero attached hydrogens (tertiary/aromatic N) is 2. The second-order valence-electron chi connectivity index (χ2n) is 4.76. The van der Waals surface area contributed by atoms with Gasteiger partial charge in [0.05, 0.1) is 0 Å². The molecule has 2 heterocycles. The molecular weight excluding hydrogens is 230 g/mol. The number of aromatic nitrogens is 1. The van der Waals surface area contributed by atoms with Gasteiger partial charge in [-0.15, -0.1) is 0 Å². The molecular formula is C13H19N3O2. The monoisotopic (exact) mass is 249 g/mol. The van der Waals surface area contributed by atoms with E-state index in [1.165, 1.54) is 10.6 Å². The van der Waals surface area contributed by atoms with Crippen LogP contribution in [0, 0.1) is 0 Å². The molecule has 1 amide bonds. The molecule has 5 heteroatoms. The Labute approximate surface area is 106 Å². The van der Waals surface area contributed by atoms with Gasteiger partial charge in [-0.25, -0.2) is 0 Å². The van der Waals surface area contributed by atoms with Crippen LogP contribution < -0.4 is 10.9 Å². The van der Waals surface area contributed by atoms with Gasteiger partial charge < -0.3 is 14.8 Å². The summed E-state index contributed by atoms with van der Waals surface area (Å²) < 4.78 is 1.46. The molecule has 5 nitrogen and oxygen atoms in total. The minimum Gasteiger partial charge on any atom is -0.339 e. The second-order valence-corrected chi connectivity index (χ2v) is 4.76. The quantitative estimate of drug-likeness (QED) is 0.815. The van der Waals surface area contributed by atoms with Gasteiger partial charge in [0.25, 0.3) is 11.5 Å². The zero-order chi connectivity index (χ0) is 13.1. The normalized spacial score (nSPS) is 16.6. The van der Waals surface area contributed by atoms with Crippen molar-refractivity contribution in [2.24, 2.45) is 7.05 Å². The maximum Gasteiger partial charge on any atom is 0.254 e. The summed E-state index contributed by atoms with van der Waals surface area (Å²) in [6.45, 7) is 1.89. The summed E-state index contributed by atoms with van der Waals surface area (Å²) in [6.07, 6.45) is 3.56. The lowest BCUT2D eigenvalue weighted by molar-refractivity contribution is 0.0703. The maximum atomic E-state index is 12.3. The van der Waals surface area contributed by atoms with Gasteiger partial charge in [0.2, 0.25) is 0 Å². The predicted octanol–water partition coefficient (Wildman–Crippen LogP) is 0.209. The van der Waals surface area contributed by atoms with E-state index in [4.69, 9.17) is 0 Å². The summed E-state index contributed by atoms with van der Waals surface area (Å²) in [4.78, 5) is 25.5. The zero-order valence-corrected chi connectivity index (χ0v) is 10.8. The number of carbonyl (C=O) groups is 1. The average molecular weight is 249 g/mol. The fraction of sp³-hybridized carbons (Fsp3) is 0.538. The standard InChI is InChI=1S/C13H19N3O2/c1-15-8-5-10(9-12(15)17)13(18)16(2)11-3-6-14-7-4-11/h5,8-9,11,14H,3-4,6-7H2,1-2H3. The van der Waals surface area contributed by atoms with Crippen LogP contribution >= 0.6 is 0 Å². The largest absolute Gasteiger partial charge is 0.339 e. The third-order valence-electron chi connectivity index (χ3n) is 3.53. The molecule has 0 aliphatic carbocycles. The molecule has 0 unspecified atom stereocenters. The highest BCUT2D eigenvalue weighted by Crippen LogP contribution is 2.12. The summed E-state index contributed by atoms with van der Waals surface area (Å²) in [5.41, 5.74) is 0.318. The molecule has 1 N–H and O–H groups in total. The number of piperidine rings is 1. The van der Waals surface area contributed by atoms with Crippen molar-refractivity contribution in [2.45, 2.75) is 18.9 Å². The van der Waals surface area contributed by atoms with Crippen LogP contribution in [0.1, 0.15) is 23.2 Å². The minimum absolute atomic E-state index is 0.0698. The molecule has 0 bridgehead atoms. The highest BCUT2D eigenvalue weighted by Gasteiger charge is 2.22. The van der Waals surface area contributed by atoms with Crippen molar-refractivity contribution in [1.29, 1.82) is 0 Å². The number of aryl methyl sites for hydroxylation is 1. The Morgan fingerprint density at radius 3 is 2.72 bits per heavy atom. The van der Waals surface area contributed by atoms with Crippen LogP contribution in [0.5, 0.6) is 0 Å². The molecule has 1 aromatic heterocycles. The number of amides is 1. The smallest absolute Gasteiger partial charge is 0.254 e. The van der Waals surface area contributed by atoms with Crippen LogP contribution in [0.4, 0.5) is 0 Å². The SMILES string of the molecule is CN(C(=O)c1ccn(C)c(=O)c1)C1CCNCC1. The molecule has 1 fully saturated rings. The van der Waals surface area contributed by atoms with Crippen molar-refractivity contribution in [3.05, 3.63) is 34.2 Å². The van der Waals surface area contributed by atoms with E-state index in [0.29, 0.717) is 5.56 Å². The van der Waals surface area contributed by atoms with Gasteiger partial charge in [0.15, 0.2) is 0 Å². The van der Waals surface area contributed by atoms with Crippen LogP contribution in [0.25, 0.3) is 0 Å². The van der Waals surface area contributed by atoms with Crippen LogP contribution in [0.15, 0.2) is 23.1 Å². The molecule has 1 aromatic rings. The van der Waals surface area contributed by atoms with E-state index >= 15 is 0 Å². The first-order valence-corrected chi connectivity index (χ1v) is 6.24. The van der Waals surface area contributed by atoms with Crippen molar-refractivity contribution in [3.8, 4) is 0 Å². The first-order chi connectivity index (χ1) is 8.59. The van der Waals surface area contributed by atoms with Crippen LogP contribution in [-0.2, 0) is 7.05 Å². The zero-order valence-electron chi connectivity index (χ0n) is 10.8. The summed E-state index contributed by atoms with van der Waals surface area (Å²) in [5, 5.41) is 3.27. The highest BCUT2D eigenvalue weighted by molar-refractivity contribution is 5.94. The number of carbonyl (C=O) groups excluding carboxylic acids is 1. The van der Waals surface area contributed by atoms with E-state index in [-0.39, 0.29) is 17.5 Å². The second kappa shape index (κ2) is 5.35. The van der Waals surface area contributed by atoms with Gasteiger partial charge in [-0.2, -0.15) is 0 Å². The molecule has 2 rings (SSSR count). The van der Waals surface area contributed by atoms with E-state index in [1.54, 1.807) is 24.2 Å². The lowest BCUT2D eigenvalue weighted by atomic mass is 10.0. The number of pyridine rings is 1. The molecule has 0 atom stereocenters. The van der Waals surface area contributed by atoms with Gasteiger partial charge in [-0.05, 0) is 32.0 Å². The minimum atomic E-state index is -0.153. The molecule has 18 heavy (non-hydrogen) atoms. The summed E-state index contributed by atoms with van der Waals surface area (Å²) in [6, 6.07) is 3.36. The van der Waals surface area contributed by atoms with Gasteiger partial charge >= 0.3 is 0 Å². The Bertz CT molecular complexity index is 489. The number of hydrogen-bond donors (Lipinski definition) is 1. The first kappa shape index (κ1) is 12.8. The fourth-order valence-corrected chi connectivity index (χ4v) is 2.24. The molecule has 0 saturated carbocycles. The topological polar surface area (TPSA) is 54.3 Å². The maximum absolute atomic E-state index is 12.3. The Morgan fingerprint density at radius 2 is 2.11 bits per heavy atom. The molecule has 0 spiro atoms. The number of nitrogens with one attached hydrogen (secondary N) is 1. The Morgan fingerprint density at radius 1 is 1.44 bits per heavy atom. The predicted molar refractivity (Wildman–Crippen MR) is 69.7 cm³/mol. The Hall–Kier alpha value is -1.62. The summed E-state index contributed by atoms with van der Waals surface area (Å²) in [5.74, 6) is -0.0698. The molecule has 0 radical (unpaired) electrons. The van der Waals surface area contributed by atoms with E-state index in [1.807, 2.05) is 7.05 Å². The highest BCUT2D eigenvalue weighted by atomic mass is 16.2. The Balaban J connectivity index is 2.14. The van der Waals surface area contributed by atoms with Crippen molar-refractivity contribution in [1.82, 2.24) is 14.8 Å². The summed E-state index contributed by atoms with van der Waals surface area (Å²) >= 11 is 0. The van der Waals surface area contributed by atoms with E-state index in [9.17, 15) is 9.59 Å². The van der Waals surface area contributed by atoms with E-state index in [0.717, 1.165) is 25.9 Å². The Kier molecular flexibility index (Phi) is 3.81. The number of rotatable bonds is 2. The fourth-order valence-electron chi connectivity index (χ4n) is 2.24. The number of hydrogen-bond acceptors (Lipinski definition) is 3. The molecule has 98 valence electrons. The van der Waals surface area contributed by atoms with E-state index in [2.05, 4.69) is 5.32 Å². The van der Waals surface area contributed by atoms with Crippen molar-refractivity contribution >= 4 is 5.91 Å². The molecule has 1 aliphatic rings. The molecule has 1 saturated heterocycles. The lowest BCUT2D eigenvalue weighted by Gasteiger charge is -2.31. The van der Waals surface area contributed by atoms with Crippen LogP contribution in [0.2, 0.25) is 0 Å². The first-order valence-electron chi connectivity index (χ1n) is 6.24. The average Bonchev–Trinajstić information content (AvgIpc) is 2.41. The van der Waals surface area contributed by atoms with Gasteiger partial charge in [0, 0.05) is 38.0 Å². The van der Waals surface area contributed by atoms with Crippen LogP contribution in [-0.4, -0.2) is 41.6 Å². The third kappa shape index (κ3) is 2.61. The van der Waals surface area contributed by atoms with E-state index < -0.39 is 0 Å². The molecule has 1 aliphatic heterocycles. The summed E-state index contributed by atoms with van der Waals surface area (Å²) in [7, 11) is 3.49. The van der Waals surface area contributed by atoms with Crippen molar-refractivity contribution in [2.75, 3.05) is 20.1 Å².